The summed E-state index contributed by atoms with van der Waals surface area (Å²) in [6.07, 6.45) is 6.02. The monoisotopic (exact) mass is 472 g/mol. The highest BCUT2D eigenvalue weighted by atomic mass is 16.5. The Morgan fingerprint density at radius 3 is 2.26 bits per heavy atom. The van der Waals surface area contributed by atoms with E-state index in [1.54, 1.807) is 24.3 Å². The highest BCUT2D eigenvalue weighted by molar-refractivity contribution is 5.81. The van der Waals surface area contributed by atoms with E-state index in [1.165, 1.54) is 32.4 Å². The Hall–Kier alpha value is -3.44. The molecule has 0 radical (unpaired) electrons. The molecular formula is C30H36N2O3. The van der Waals surface area contributed by atoms with Gasteiger partial charge in [0.1, 0.15) is 23.9 Å². The van der Waals surface area contributed by atoms with Gasteiger partial charge in [-0.2, -0.15) is 0 Å². The van der Waals surface area contributed by atoms with Crippen molar-refractivity contribution < 1.29 is 14.9 Å². The van der Waals surface area contributed by atoms with E-state index in [0.29, 0.717) is 13.2 Å². The lowest BCUT2D eigenvalue weighted by atomic mass is 10.1. The zero-order valence-corrected chi connectivity index (χ0v) is 20.8. The number of rotatable bonds is 9. The third-order valence-electron chi connectivity index (χ3n) is 6.59. The van der Waals surface area contributed by atoms with E-state index < -0.39 is 0 Å². The number of aryl methyl sites for hydroxylation is 1. The van der Waals surface area contributed by atoms with E-state index in [4.69, 9.17) is 4.74 Å². The predicted molar refractivity (Wildman–Crippen MR) is 143 cm³/mol. The second kappa shape index (κ2) is 11.8. The van der Waals surface area contributed by atoms with E-state index in [-0.39, 0.29) is 11.5 Å². The van der Waals surface area contributed by atoms with Crippen LogP contribution in [0.2, 0.25) is 0 Å². The molecule has 1 fully saturated rings. The van der Waals surface area contributed by atoms with Gasteiger partial charge in [-0.3, -0.25) is 4.90 Å². The predicted octanol–water partition coefficient (Wildman–Crippen LogP) is 6.34. The van der Waals surface area contributed by atoms with Crippen molar-refractivity contribution in [3.05, 3.63) is 89.5 Å². The first-order valence-corrected chi connectivity index (χ1v) is 12.5. The van der Waals surface area contributed by atoms with Crippen molar-refractivity contribution in [3.8, 4) is 17.2 Å². The molecule has 4 rings (SSSR count). The van der Waals surface area contributed by atoms with Crippen molar-refractivity contribution in [3.63, 3.8) is 0 Å². The van der Waals surface area contributed by atoms with Crippen LogP contribution < -0.4 is 9.64 Å². The molecule has 1 aliphatic rings. The average molecular weight is 473 g/mol. The molecule has 5 heteroatoms. The summed E-state index contributed by atoms with van der Waals surface area (Å²) in [4.78, 5) is 4.73. The summed E-state index contributed by atoms with van der Waals surface area (Å²) >= 11 is 0. The third-order valence-corrected chi connectivity index (χ3v) is 6.59. The molecule has 2 N–H and O–H groups in total. The third kappa shape index (κ3) is 6.58. The smallest absolute Gasteiger partial charge is 0.119 e. The first kappa shape index (κ1) is 24.7. The summed E-state index contributed by atoms with van der Waals surface area (Å²) in [5.41, 5.74) is 5.20. The van der Waals surface area contributed by atoms with Gasteiger partial charge in [-0.1, -0.05) is 24.6 Å². The molecule has 1 saturated heterocycles. The molecule has 3 aromatic rings. The molecule has 0 aliphatic carbocycles. The molecule has 184 valence electrons. The van der Waals surface area contributed by atoms with Crippen LogP contribution in [0.4, 0.5) is 5.69 Å². The average Bonchev–Trinajstić information content (AvgIpc) is 2.87. The number of piperidine rings is 1. The molecule has 0 spiro atoms. The number of hydrogen-bond donors (Lipinski definition) is 2. The zero-order valence-electron chi connectivity index (χ0n) is 20.8. The first-order valence-electron chi connectivity index (χ1n) is 12.5. The zero-order chi connectivity index (χ0) is 24.6. The van der Waals surface area contributed by atoms with Gasteiger partial charge in [0, 0.05) is 24.5 Å². The van der Waals surface area contributed by atoms with Crippen molar-refractivity contribution in [1.82, 2.24) is 4.90 Å². The van der Waals surface area contributed by atoms with Crippen LogP contribution in [0.25, 0.3) is 5.70 Å². The molecule has 0 aromatic heterocycles. The highest BCUT2D eigenvalue weighted by Gasteiger charge is 2.17. The van der Waals surface area contributed by atoms with E-state index in [0.717, 1.165) is 40.4 Å². The van der Waals surface area contributed by atoms with E-state index >= 15 is 0 Å². The molecular weight excluding hydrogens is 436 g/mol. The Morgan fingerprint density at radius 1 is 0.914 bits per heavy atom. The van der Waals surface area contributed by atoms with Gasteiger partial charge in [0.15, 0.2) is 0 Å². The number of hydrogen-bond acceptors (Lipinski definition) is 5. The topological polar surface area (TPSA) is 56.2 Å². The number of likely N-dealkylation sites (tertiary alicyclic amines) is 1. The van der Waals surface area contributed by atoms with Crippen LogP contribution in [-0.2, 0) is 6.54 Å². The summed E-state index contributed by atoms with van der Waals surface area (Å²) in [6, 6.07) is 21.0. The number of aromatic hydroxyl groups is 2. The van der Waals surface area contributed by atoms with Gasteiger partial charge in [0.25, 0.3) is 0 Å². The molecule has 3 aromatic carbocycles. The highest BCUT2D eigenvalue weighted by Crippen LogP contribution is 2.33. The van der Waals surface area contributed by atoms with Crippen molar-refractivity contribution in [2.45, 2.75) is 39.7 Å². The molecule has 0 atom stereocenters. The second-order valence-corrected chi connectivity index (χ2v) is 9.17. The van der Waals surface area contributed by atoms with Gasteiger partial charge >= 0.3 is 0 Å². The second-order valence-electron chi connectivity index (χ2n) is 9.17. The normalized spacial score (nSPS) is 14.6. The largest absolute Gasteiger partial charge is 0.508 e. The maximum absolute atomic E-state index is 9.96. The molecule has 1 heterocycles. The van der Waals surface area contributed by atoms with Crippen molar-refractivity contribution in [2.24, 2.45) is 0 Å². The standard InChI is InChI=1S/C30H36N2O3/c1-3-29(25-9-11-26(33)12-10-25)32(30-16-13-27(34)21-23(30)2)22-24-7-14-28(15-8-24)35-20-19-31-17-5-4-6-18-31/h3,7-16,21,33-34H,4-6,17-20,22H2,1-2H3/b29-3+. The van der Waals surface area contributed by atoms with Crippen LogP contribution in [0.3, 0.4) is 0 Å². The lowest BCUT2D eigenvalue weighted by molar-refractivity contribution is 0.183. The molecule has 0 saturated carbocycles. The number of benzene rings is 3. The van der Waals surface area contributed by atoms with Crippen LogP contribution in [0, 0.1) is 6.92 Å². The Labute approximate surface area is 208 Å². The fourth-order valence-corrected chi connectivity index (χ4v) is 4.70. The SMILES string of the molecule is C/C=C(\c1ccc(O)cc1)N(Cc1ccc(OCCN2CCCCC2)cc1)c1ccc(O)cc1C. The molecule has 5 nitrogen and oxygen atoms in total. The first-order chi connectivity index (χ1) is 17.0. The quantitative estimate of drug-likeness (QED) is 0.381. The number of anilines is 1. The van der Waals surface area contributed by atoms with Crippen molar-refractivity contribution >= 4 is 11.4 Å². The van der Waals surface area contributed by atoms with Gasteiger partial charge in [-0.25, -0.2) is 0 Å². The number of nitrogens with zero attached hydrogens (tertiary/aromatic N) is 2. The summed E-state index contributed by atoms with van der Waals surface area (Å²) in [6.45, 7) is 8.73. The van der Waals surface area contributed by atoms with Gasteiger partial charge in [0.05, 0.1) is 0 Å². The number of phenols is 2. The minimum Gasteiger partial charge on any atom is -0.508 e. The van der Waals surface area contributed by atoms with Crippen molar-refractivity contribution in [2.75, 3.05) is 31.1 Å². The van der Waals surface area contributed by atoms with E-state index in [1.807, 2.05) is 44.2 Å². The molecule has 0 unspecified atom stereocenters. The fourth-order valence-electron chi connectivity index (χ4n) is 4.70. The van der Waals surface area contributed by atoms with E-state index in [9.17, 15) is 10.2 Å². The van der Waals surface area contributed by atoms with Crippen LogP contribution >= 0.6 is 0 Å². The van der Waals surface area contributed by atoms with Crippen LogP contribution in [0.5, 0.6) is 17.2 Å². The molecule has 0 amide bonds. The Morgan fingerprint density at radius 2 is 1.60 bits per heavy atom. The van der Waals surface area contributed by atoms with Crippen molar-refractivity contribution in [1.29, 1.82) is 0 Å². The Balaban J connectivity index is 1.51. The maximum atomic E-state index is 9.96. The summed E-state index contributed by atoms with van der Waals surface area (Å²) in [5, 5.41) is 19.7. The summed E-state index contributed by atoms with van der Waals surface area (Å²) in [7, 11) is 0. The minimum atomic E-state index is 0.243. The van der Waals surface area contributed by atoms with Crippen LogP contribution in [-0.4, -0.2) is 41.4 Å². The number of ether oxygens (including phenoxy) is 1. The van der Waals surface area contributed by atoms with Crippen LogP contribution in [0.15, 0.2) is 72.8 Å². The number of phenolic OH excluding ortho intramolecular Hbond substituents is 2. The Bertz CT molecular complexity index is 1120. The molecule has 0 bridgehead atoms. The summed E-state index contributed by atoms with van der Waals surface area (Å²) in [5.74, 6) is 1.39. The summed E-state index contributed by atoms with van der Waals surface area (Å²) < 4.78 is 6.02. The lowest BCUT2D eigenvalue weighted by Crippen LogP contribution is -2.33. The lowest BCUT2D eigenvalue weighted by Gasteiger charge is -2.30. The molecule has 1 aliphatic heterocycles. The van der Waals surface area contributed by atoms with Gasteiger partial charge in [0.2, 0.25) is 0 Å². The minimum absolute atomic E-state index is 0.243. The van der Waals surface area contributed by atoms with Gasteiger partial charge in [-0.05, 0) is 111 Å². The van der Waals surface area contributed by atoms with Crippen LogP contribution in [0.1, 0.15) is 42.9 Å². The fraction of sp³-hybridized carbons (Fsp3) is 0.333. The van der Waals surface area contributed by atoms with Gasteiger partial charge in [-0.15, -0.1) is 0 Å². The van der Waals surface area contributed by atoms with E-state index in [2.05, 4.69) is 28.0 Å². The number of allylic oxidation sites excluding steroid dienone is 1. The maximum Gasteiger partial charge on any atom is 0.119 e. The van der Waals surface area contributed by atoms with Gasteiger partial charge < -0.3 is 19.8 Å². The Kier molecular flexibility index (Phi) is 8.32. The molecule has 35 heavy (non-hydrogen) atoms.